The predicted molar refractivity (Wildman–Crippen MR) is 109 cm³/mol. The van der Waals surface area contributed by atoms with Gasteiger partial charge < -0.3 is 9.30 Å². The van der Waals surface area contributed by atoms with E-state index in [1.54, 1.807) is 34.8 Å². The number of nitrogens with one attached hydrogen (secondary N) is 1. The summed E-state index contributed by atoms with van der Waals surface area (Å²) in [6.07, 6.45) is 4.28. The number of halogens is 1. The standard InChI is InChI=1S/C20H22FN3O4S/c1-12(2)11-28-19-6-5-13(9-22-19)16-10-24(3)18-8-15(17(21)7-14(16)18)20(25)23-29(4,26)27/h5-10,12H,11H2,1-4H3,(H,23,25). The molecule has 0 bridgehead atoms. The zero-order valence-electron chi connectivity index (χ0n) is 16.6. The molecule has 0 spiro atoms. The van der Waals surface area contributed by atoms with Gasteiger partial charge in [0.2, 0.25) is 15.9 Å². The second-order valence-electron chi connectivity index (χ2n) is 7.30. The highest BCUT2D eigenvalue weighted by Gasteiger charge is 2.19. The van der Waals surface area contributed by atoms with E-state index in [0.717, 1.165) is 17.4 Å². The lowest BCUT2D eigenvalue weighted by Gasteiger charge is -2.08. The lowest BCUT2D eigenvalue weighted by atomic mass is 10.0. The number of ether oxygens (including phenoxy) is 1. The number of hydrogen-bond donors (Lipinski definition) is 1. The Kier molecular flexibility index (Phi) is 5.61. The first kappa shape index (κ1) is 20.8. The molecule has 7 nitrogen and oxygen atoms in total. The first-order valence-corrected chi connectivity index (χ1v) is 10.8. The maximum Gasteiger partial charge on any atom is 0.267 e. The fourth-order valence-corrected chi connectivity index (χ4v) is 3.35. The van der Waals surface area contributed by atoms with Gasteiger partial charge in [-0.25, -0.2) is 22.5 Å². The highest BCUT2D eigenvalue weighted by Crippen LogP contribution is 2.32. The Morgan fingerprint density at radius 3 is 2.62 bits per heavy atom. The molecular formula is C20H22FN3O4S. The Morgan fingerprint density at radius 2 is 2.03 bits per heavy atom. The minimum absolute atomic E-state index is 0.341. The van der Waals surface area contributed by atoms with E-state index >= 15 is 0 Å². The maximum atomic E-state index is 14.6. The molecule has 1 amide bonds. The number of fused-ring (bicyclic) bond motifs is 1. The number of aryl methyl sites for hydroxylation is 1. The fourth-order valence-electron chi connectivity index (χ4n) is 2.91. The number of benzene rings is 1. The third-order valence-electron chi connectivity index (χ3n) is 4.21. The van der Waals surface area contributed by atoms with Crippen LogP contribution < -0.4 is 9.46 Å². The molecule has 0 aliphatic rings. The number of carbonyl (C=O) groups excluding carboxylic acids is 1. The van der Waals surface area contributed by atoms with E-state index in [1.807, 2.05) is 19.9 Å². The van der Waals surface area contributed by atoms with Crippen molar-refractivity contribution in [1.29, 1.82) is 0 Å². The Labute approximate surface area is 168 Å². The lowest BCUT2D eigenvalue weighted by molar-refractivity contribution is 0.0978. The van der Waals surface area contributed by atoms with Gasteiger partial charge in [-0.15, -0.1) is 0 Å². The van der Waals surface area contributed by atoms with Gasteiger partial charge in [-0.2, -0.15) is 0 Å². The highest BCUT2D eigenvalue weighted by molar-refractivity contribution is 7.89. The van der Waals surface area contributed by atoms with Crippen molar-refractivity contribution in [3.63, 3.8) is 0 Å². The number of amides is 1. The number of hydrogen-bond acceptors (Lipinski definition) is 5. The molecule has 9 heteroatoms. The van der Waals surface area contributed by atoms with Crippen LogP contribution in [-0.2, 0) is 17.1 Å². The minimum atomic E-state index is -3.80. The molecule has 3 aromatic rings. The number of nitrogens with zero attached hydrogens (tertiary/aromatic N) is 2. The zero-order valence-corrected chi connectivity index (χ0v) is 17.4. The van der Waals surface area contributed by atoms with E-state index < -0.39 is 21.7 Å². The van der Waals surface area contributed by atoms with Crippen LogP contribution in [-0.4, -0.2) is 36.7 Å². The topological polar surface area (TPSA) is 90.3 Å². The SMILES string of the molecule is CC(C)COc1ccc(-c2cn(C)c3cc(C(=O)NS(C)(=O)=O)c(F)cc23)cn1. The summed E-state index contributed by atoms with van der Waals surface area (Å²) in [5.41, 5.74) is 1.74. The second kappa shape index (κ2) is 7.82. The molecule has 0 atom stereocenters. The molecule has 0 saturated heterocycles. The first-order chi connectivity index (χ1) is 13.5. The van der Waals surface area contributed by atoms with E-state index in [0.29, 0.717) is 29.3 Å². The van der Waals surface area contributed by atoms with E-state index in [9.17, 15) is 17.6 Å². The number of carbonyl (C=O) groups is 1. The predicted octanol–water partition coefficient (Wildman–Crippen LogP) is 3.10. The molecule has 0 aliphatic heterocycles. The Balaban J connectivity index is 1.99. The minimum Gasteiger partial charge on any atom is -0.477 e. The average molecular weight is 419 g/mol. The highest BCUT2D eigenvalue weighted by atomic mass is 32.2. The van der Waals surface area contributed by atoms with Crippen molar-refractivity contribution in [1.82, 2.24) is 14.3 Å². The summed E-state index contributed by atoms with van der Waals surface area (Å²) >= 11 is 0. The fraction of sp³-hybridized carbons (Fsp3) is 0.300. The van der Waals surface area contributed by atoms with Crippen LogP contribution in [0.2, 0.25) is 0 Å². The third-order valence-corrected chi connectivity index (χ3v) is 4.77. The second-order valence-corrected chi connectivity index (χ2v) is 9.04. The van der Waals surface area contributed by atoms with Crippen LogP contribution >= 0.6 is 0 Å². The molecule has 0 aliphatic carbocycles. The number of pyridine rings is 1. The Morgan fingerprint density at radius 1 is 1.31 bits per heavy atom. The van der Waals surface area contributed by atoms with Crippen molar-refractivity contribution >= 4 is 26.8 Å². The molecule has 0 unspecified atom stereocenters. The van der Waals surface area contributed by atoms with Gasteiger partial charge in [-0.05, 0) is 24.1 Å². The summed E-state index contributed by atoms with van der Waals surface area (Å²) in [5.74, 6) is -0.931. The number of sulfonamides is 1. The molecule has 1 aromatic carbocycles. The van der Waals surface area contributed by atoms with Crippen LogP contribution in [0.1, 0.15) is 24.2 Å². The molecule has 0 radical (unpaired) electrons. The lowest BCUT2D eigenvalue weighted by Crippen LogP contribution is -2.30. The Bertz CT molecular complexity index is 1170. The van der Waals surface area contributed by atoms with Crippen molar-refractivity contribution < 1.29 is 22.3 Å². The van der Waals surface area contributed by atoms with Crippen molar-refractivity contribution in [3.05, 3.63) is 48.0 Å². The number of rotatable bonds is 6. The zero-order chi connectivity index (χ0) is 21.3. The monoisotopic (exact) mass is 419 g/mol. The van der Waals surface area contributed by atoms with Crippen molar-refractivity contribution in [3.8, 4) is 17.0 Å². The summed E-state index contributed by atoms with van der Waals surface area (Å²) in [7, 11) is -2.04. The molecule has 2 heterocycles. The van der Waals surface area contributed by atoms with E-state index in [2.05, 4.69) is 4.98 Å². The number of aromatic nitrogens is 2. The van der Waals surface area contributed by atoms with E-state index in [1.165, 1.54) is 12.1 Å². The molecule has 3 rings (SSSR count). The van der Waals surface area contributed by atoms with Crippen LogP contribution in [0.3, 0.4) is 0 Å². The summed E-state index contributed by atoms with van der Waals surface area (Å²) in [4.78, 5) is 16.4. The summed E-state index contributed by atoms with van der Waals surface area (Å²) in [6, 6.07) is 6.15. The molecule has 154 valence electrons. The average Bonchev–Trinajstić information content (AvgIpc) is 2.94. The Hall–Kier alpha value is -2.94. The van der Waals surface area contributed by atoms with Gasteiger partial charge in [-0.3, -0.25) is 4.79 Å². The summed E-state index contributed by atoms with van der Waals surface area (Å²) < 4.78 is 46.3. The van der Waals surface area contributed by atoms with Crippen LogP contribution in [0, 0.1) is 11.7 Å². The summed E-state index contributed by atoms with van der Waals surface area (Å²) in [5, 5.41) is 0.582. The van der Waals surface area contributed by atoms with Gasteiger partial charge in [0, 0.05) is 47.5 Å². The van der Waals surface area contributed by atoms with E-state index in [-0.39, 0.29) is 5.56 Å². The van der Waals surface area contributed by atoms with Gasteiger partial charge in [0.15, 0.2) is 0 Å². The van der Waals surface area contributed by atoms with Crippen molar-refractivity contribution in [2.45, 2.75) is 13.8 Å². The molecule has 0 saturated carbocycles. The van der Waals surface area contributed by atoms with Crippen LogP contribution in [0.5, 0.6) is 5.88 Å². The van der Waals surface area contributed by atoms with Gasteiger partial charge in [0.25, 0.3) is 5.91 Å². The van der Waals surface area contributed by atoms with Gasteiger partial charge in [0.1, 0.15) is 5.82 Å². The largest absolute Gasteiger partial charge is 0.477 e. The normalized spacial score (nSPS) is 11.8. The quantitative estimate of drug-likeness (QED) is 0.663. The van der Waals surface area contributed by atoms with Crippen molar-refractivity contribution in [2.75, 3.05) is 12.9 Å². The van der Waals surface area contributed by atoms with Gasteiger partial charge in [0.05, 0.1) is 18.4 Å². The molecule has 29 heavy (non-hydrogen) atoms. The molecule has 1 N–H and O–H groups in total. The molecule has 2 aromatic heterocycles. The summed E-state index contributed by atoms with van der Waals surface area (Å²) in [6.45, 7) is 4.65. The maximum absolute atomic E-state index is 14.6. The first-order valence-electron chi connectivity index (χ1n) is 8.95. The molecule has 0 fully saturated rings. The van der Waals surface area contributed by atoms with Gasteiger partial charge in [-0.1, -0.05) is 13.8 Å². The molecular weight excluding hydrogens is 397 g/mol. The van der Waals surface area contributed by atoms with Gasteiger partial charge >= 0.3 is 0 Å². The van der Waals surface area contributed by atoms with E-state index in [4.69, 9.17) is 4.74 Å². The van der Waals surface area contributed by atoms with Crippen molar-refractivity contribution in [2.24, 2.45) is 13.0 Å². The van der Waals surface area contributed by atoms with Crippen LogP contribution in [0.25, 0.3) is 22.0 Å². The smallest absolute Gasteiger partial charge is 0.267 e. The van der Waals surface area contributed by atoms with Crippen LogP contribution in [0.4, 0.5) is 4.39 Å². The van der Waals surface area contributed by atoms with Crippen LogP contribution in [0.15, 0.2) is 36.7 Å². The third kappa shape index (κ3) is 4.73.